The van der Waals surface area contributed by atoms with Gasteiger partial charge in [0.05, 0.1) is 18.6 Å². The Balaban J connectivity index is 0.00000320. The first-order valence-corrected chi connectivity index (χ1v) is 9.44. The maximum atomic E-state index is 12.9. The molecule has 5 nitrogen and oxygen atoms in total. The summed E-state index contributed by atoms with van der Waals surface area (Å²) in [6.45, 7) is 0. The molecule has 0 aromatic heterocycles. The Hall–Kier alpha value is -2.48. The van der Waals surface area contributed by atoms with Crippen LogP contribution in [0.2, 0.25) is 0 Å². The molecule has 1 saturated carbocycles. The second-order valence-electron chi connectivity index (χ2n) is 7.41. The average Bonchev–Trinajstić information content (AvgIpc) is 2.70. The van der Waals surface area contributed by atoms with Crippen LogP contribution in [0.4, 0.5) is 18.9 Å². The van der Waals surface area contributed by atoms with Crippen LogP contribution >= 0.6 is 12.4 Å². The first-order chi connectivity index (χ1) is 13.7. The number of methoxy groups -OCH3 is 1. The molecule has 1 atom stereocenters. The first kappa shape index (κ1) is 23.8. The predicted molar refractivity (Wildman–Crippen MR) is 110 cm³/mol. The Labute approximate surface area is 178 Å². The van der Waals surface area contributed by atoms with Crippen molar-refractivity contribution in [3.63, 3.8) is 0 Å². The number of carbonyl (C=O) groups excluding carboxylic acids is 2. The molecule has 1 aliphatic rings. The zero-order valence-electron chi connectivity index (χ0n) is 16.4. The molecule has 1 amide bonds. The van der Waals surface area contributed by atoms with Gasteiger partial charge in [0.15, 0.2) is 0 Å². The number of anilines is 1. The Morgan fingerprint density at radius 3 is 2.20 bits per heavy atom. The smallest absolute Gasteiger partial charge is 0.391 e. The van der Waals surface area contributed by atoms with Crippen LogP contribution in [0.5, 0.6) is 0 Å². The molecule has 9 heteroatoms. The summed E-state index contributed by atoms with van der Waals surface area (Å²) in [6, 6.07) is 9.67. The largest absolute Gasteiger partial charge is 0.467 e. The Bertz CT molecular complexity index is 912. The molecule has 2 aromatic rings. The molecule has 164 valence electrons. The van der Waals surface area contributed by atoms with Gasteiger partial charge in [-0.3, -0.25) is 4.79 Å². The standard InChI is InChI=1S/C21H23F3N2O3.ClH/c1-29-20(28)18(12-6-8-15(9-7-12)21(22,23)24)26-19(27)16-10-13-4-2-3-5-14(13)11-17(16)25;/h2-5,10-12,15,18H,6-9,25H2,1H3,(H,26,27);1H. The van der Waals surface area contributed by atoms with E-state index in [1.807, 2.05) is 24.3 Å². The van der Waals surface area contributed by atoms with Crippen molar-refractivity contribution in [1.29, 1.82) is 0 Å². The van der Waals surface area contributed by atoms with Gasteiger partial charge in [-0.05, 0) is 54.5 Å². The van der Waals surface area contributed by atoms with Gasteiger partial charge in [0, 0.05) is 5.69 Å². The van der Waals surface area contributed by atoms with Crippen molar-refractivity contribution in [2.75, 3.05) is 12.8 Å². The minimum Gasteiger partial charge on any atom is -0.467 e. The quantitative estimate of drug-likeness (QED) is 0.538. The highest BCUT2D eigenvalue weighted by Crippen LogP contribution is 2.40. The van der Waals surface area contributed by atoms with Crippen LogP contribution in [-0.2, 0) is 9.53 Å². The molecule has 0 bridgehead atoms. The topological polar surface area (TPSA) is 81.4 Å². The summed E-state index contributed by atoms with van der Waals surface area (Å²) in [4.78, 5) is 25.1. The van der Waals surface area contributed by atoms with Gasteiger partial charge < -0.3 is 15.8 Å². The molecule has 1 unspecified atom stereocenters. The number of hydrogen-bond donors (Lipinski definition) is 2. The summed E-state index contributed by atoms with van der Waals surface area (Å²) >= 11 is 0. The van der Waals surface area contributed by atoms with Crippen LogP contribution in [0, 0.1) is 11.8 Å². The summed E-state index contributed by atoms with van der Waals surface area (Å²) in [5, 5.41) is 4.32. The van der Waals surface area contributed by atoms with E-state index in [9.17, 15) is 22.8 Å². The Morgan fingerprint density at radius 2 is 1.67 bits per heavy atom. The maximum absolute atomic E-state index is 12.9. The number of ether oxygens (including phenoxy) is 1. The number of carbonyl (C=O) groups is 2. The molecule has 1 aliphatic carbocycles. The minimum atomic E-state index is -4.24. The van der Waals surface area contributed by atoms with E-state index in [0.29, 0.717) is 0 Å². The van der Waals surface area contributed by atoms with Gasteiger partial charge in [-0.2, -0.15) is 13.2 Å². The number of rotatable bonds is 4. The lowest BCUT2D eigenvalue weighted by Gasteiger charge is -2.33. The highest BCUT2D eigenvalue weighted by molar-refractivity contribution is 6.05. The summed E-state index contributed by atoms with van der Waals surface area (Å²) in [5.74, 6) is -3.02. The van der Waals surface area contributed by atoms with Gasteiger partial charge in [0.25, 0.3) is 5.91 Å². The maximum Gasteiger partial charge on any atom is 0.391 e. The summed E-state index contributed by atoms with van der Waals surface area (Å²) in [7, 11) is 1.19. The molecule has 0 spiro atoms. The van der Waals surface area contributed by atoms with Gasteiger partial charge in [-0.25, -0.2) is 4.79 Å². The molecule has 3 rings (SSSR count). The summed E-state index contributed by atoms with van der Waals surface area (Å²) in [5.41, 5.74) is 6.48. The predicted octanol–water partition coefficient (Wildman–Crippen LogP) is 4.48. The van der Waals surface area contributed by atoms with E-state index in [4.69, 9.17) is 10.5 Å². The van der Waals surface area contributed by atoms with Gasteiger partial charge >= 0.3 is 12.1 Å². The van der Waals surface area contributed by atoms with Crippen molar-refractivity contribution in [3.05, 3.63) is 42.0 Å². The lowest BCUT2D eigenvalue weighted by Crippen LogP contribution is -2.48. The fourth-order valence-electron chi connectivity index (χ4n) is 3.95. The van der Waals surface area contributed by atoms with Crippen LogP contribution in [-0.4, -0.2) is 31.2 Å². The summed E-state index contributed by atoms with van der Waals surface area (Å²) < 4.78 is 43.6. The van der Waals surface area contributed by atoms with E-state index < -0.39 is 35.9 Å². The first-order valence-electron chi connectivity index (χ1n) is 9.44. The number of halogens is 4. The molecule has 0 saturated heterocycles. The zero-order chi connectivity index (χ0) is 21.2. The van der Waals surface area contributed by atoms with Crippen molar-refractivity contribution < 1.29 is 27.5 Å². The number of benzene rings is 2. The molecule has 0 heterocycles. The highest BCUT2D eigenvalue weighted by Gasteiger charge is 2.44. The lowest BCUT2D eigenvalue weighted by atomic mass is 9.78. The molecule has 1 fully saturated rings. The Kier molecular flexibility index (Phi) is 7.58. The van der Waals surface area contributed by atoms with Gasteiger partial charge in [-0.1, -0.05) is 24.3 Å². The van der Waals surface area contributed by atoms with Crippen molar-refractivity contribution in [1.82, 2.24) is 5.32 Å². The van der Waals surface area contributed by atoms with E-state index >= 15 is 0 Å². The number of nitrogen functional groups attached to an aromatic ring is 1. The monoisotopic (exact) mass is 444 g/mol. The second kappa shape index (κ2) is 9.55. The molecular formula is C21H24ClF3N2O3. The highest BCUT2D eigenvalue weighted by atomic mass is 35.5. The van der Waals surface area contributed by atoms with Crippen LogP contribution in [0.3, 0.4) is 0 Å². The van der Waals surface area contributed by atoms with E-state index in [2.05, 4.69) is 5.32 Å². The molecule has 3 N–H and O–H groups in total. The third kappa shape index (κ3) is 5.16. The molecule has 0 aliphatic heterocycles. The normalized spacial score (nSPS) is 20.1. The van der Waals surface area contributed by atoms with Gasteiger partial charge in [-0.15, -0.1) is 12.4 Å². The number of nitrogens with one attached hydrogen (secondary N) is 1. The van der Waals surface area contributed by atoms with E-state index in [-0.39, 0.29) is 49.3 Å². The fourth-order valence-corrected chi connectivity index (χ4v) is 3.95. The lowest BCUT2D eigenvalue weighted by molar-refractivity contribution is -0.184. The van der Waals surface area contributed by atoms with Crippen molar-refractivity contribution in [3.8, 4) is 0 Å². The number of esters is 1. The van der Waals surface area contributed by atoms with Crippen LogP contribution in [0.15, 0.2) is 36.4 Å². The second-order valence-corrected chi connectivity index (χ2v) is 7.41. The number of alkyl halides is 3. The van der Waals surface area contributed by atoms with Crippen LogP contribution in [0.1, 0.15) is 36.0 Å². The van der Waals surface area contributed by atoms with Gasteiger partial charge in [0.2, 0.25) is 0 Å². The van der Waals surface area contributed by atoms with Gasteiger partial charge in [0.1, 0.15) is 6.04 Å². The third-order valence-electron chi connectivity index (χ3n) is 5.61. The van der Waals surface area contributed by atoms with Crippen LogP contribution in [0.25, 0.3) is 10.8 Å². The molecule has 30 heavy (non-hydrogen) atoms. The number of fused-ring (bicyclic) bond motifs is 1. The number of hydrogen-bond acceptors (Lipinski definition) is 4. The van der Waals surface area contributed by atoms with Crippen molar-refractivity contribution in [2.45, 2.75) is 37.9 Å². The average molecular weight is 445 g/mol. The molecular weight excluding hydrogens is 421 g/mol. The fraction of sp³-hybridized carbons (Fsp3) is 0.429. The summed E-state index contributed by atoms with van der Waals surface area (Å²) in [6.07, 6.45) is -4.03. The van der Waals surface area contributed by atoms with Crippen LogP contribution < -0.4 is 11.1 Å². The van der Waals surface area contributed by atoms with E-state index in [1.165, 1.54) is 7.11 Å². The minimum absolute atomic E-state index is 0. The van der Waals surface area contributed by atoms with E-state index in [0.717, 1.165) is 10.8 Å². The Morgan fingerprint density at radius 1 is 1.10 bits per heavy atom. The van der Waals surface area contributed by atoms with Crippen molar-refractivity contribution >= 4 is 40.7 Å². The van der Waals surface area contributed by atoms with E-state index in [1.54, 1.807) is 12.1 Å². The number of amides is 1. The number of nitrogens with two attached hydrogens (primary N) is 1. The molecule has 2 aromatic carbocycles. The molecule has 0 radical (unpaired) electrons. The third-order valence-corrected chi connectivity index (χ3v) is 5.61. The van der Waals surface area contributed by atoms with Crippen molar-refractivity contribution in [2.24, 2.45) is 11.8 Å². The SMILES string of the molecule is COC(=O)C(NC(=O)c1cc2ccccc2cc1N)C1CCC(C(F)(F)F)CC1.Cl. The zero-order valence-corrected chi connectivity index (χ0v) is 17.2.